The van der Waals surface area contributed by atoms with E-state index >= 15 is 0 Å². The van der Waals surface area contributed by atoms with E-state index in [2.05, 4.69) is 10.6 Å². The molecular weight excluding hydrogens is 254 g/mol. The molecule has 0 saturated carbocycles. The zero-order chi connectivity index (χ0) is 13.4. The highest BCUT2D eigenvalue weighted by molar-refractivity contribution is 6.34. The Bertz CT molecular complexity index is 399. The number of primary amides is 1. The van der Waals surface area contributed by atoms with Crippen LogP contribution in [0.4, 0.5) is 5.69 Å². The van der Waals surface area contributed by atoms with Gasteiger partial charge < -0.3 is 21.1 Å². The van der Waals surface area contributed by atoms with Gasteiger partial charge in [-0.15, -0.1) is 0 Å². The Labute approximate surface area is 112 Å². The lowest BCUT2D eigenvalue weighted by Gasteiger charge is -2.09. The molecule has 0 aromatic heterocycles. The summed E-state index contributed by atoms with van der Waals surface area (Å²) in [4.78, 5) is 11.0. The van der Waals surface area contributed by atoms with E-state index in [0.717, 1.165) is 25.3 Å². The van der Waals surface area contributed by atoms with Gasteiger partial charge in [-0.2, -0.15) is 0 Å². The van der Waals surface area contributed by atoms with Crippen LogP contribution in [0.1, 0.15) is 10.4 Å². The highest BCUT2D eigenvalue weighted by Gasteiger charge is 2.06. The van der Waals surface area contributed by atoms with Crippen molar-refractivity contribution in [3.05, 3.63) is 28.8 Å². The monoisotopic (exact) mass is 271 g/mol. The van der Waals surface area contributed by atoms with Crippen LogP contribution >= 0.6 is 11.6 Å². The summed E-state index contributed by atoms with van der Waals surface area (Å²) in [6, 6.07) is 5.09. The van der Waals surface area contributed by atoms with E-state index < -0.39 is 5.91 Å². The van der Waals surface area contributed by atoms with Crippen LogP contribution in [0.3, 0.4) is 0 Å². The number of carbonyl (C=O) groups is 1. The van der Waals surface area contributed by atoms with Crippen LogP contribution in [0.15, 0.2) is 18.2 Å². The number of nitrogens with two attached hydrogens (primary N) is 1. The van der Waals surface area contributed by atoms with Gasteiger partial charge in [0.1, 0.15) is 0 Å². The van der Waals surface area contributed by atoms with E-state index in [4.69, 9.17) is 22.1 Å². The number of nitrogens with one attached hydrogen (secondary N) is 2. The van der Waals surface area contributed by atoms with Crippen molar-refractivity contribution in [2.24, 2.45) is 5.73 Å². The Morgan fingerprint density at radius 3 is 2.78 bits per heavy atom. The van der Waals surface area contributed by atoms with Crippen molar-refractivity contribution in [3.8, 4) is 0 Å². The fourth-order valence-corrected chi connectivity index (χ4v) is 1.69. The van der Waals surface area contributed by atoms with Crippen molar-refractivity contribution >= 4 is 23.2 Å². The Morgan fingerprint density at radius 1 is 1.39 bits per heavy atom. The standard InChI is InChI=1S/C12H18ClN3O2/c1-18-7-6-15-4-5-16-9-2-3-10(12(14)17)11(13)8-9/h2-3,8,15-16H,4-7H2,1H3,(H2,14,17). The molecule has 5 nitrogen and oxygen atoms in total. The van der Waals surface area contributed by atoms with Gasteiger partial charge in [0.25, 0.3) is 0 Å². The van der Waals surface area contributed by atoms with Crippen molar-refractivity contribution in [1.82, 2.24) is 5.32 Å². The lowest BCUT2D eigenvalue weighted by Crippen LogP contribution is -2.25. The summed E-state index contributed by atoms with van der Waals surface area (Å²) in [5, 5.41) is 6.76. The number of amides is 1. The zero-order valence-electron chi connectivity index (χ0n) is 10.3. The second-order valence-electron chi connectivity index (χ2n) is 3.73. The summed E-state index contributed by atoms with van der Waals surface area (Å²) < 4.78 is 4.91. The second kappa shape index (κ2) is 7.92. The van der Waals surface area contributed by atoms with Crippen LogP contribution in [0, 0.1) is 0 Å². The maximum absolute atomic E-state index is 11.0. The molecule has 0 unspecified atom stereocenters. The molecule has 18 heavy (non-hydrogen) atoms. The van der Waals surface area contributed by atoms with Crippen molar-refractivity contribution < 1.29 is 9.53 Å². The van der Waals surface area contributed by atoms with Gasteiger partial charge in [0, 0.05) is 32.4 Å². The molecule has 1 rings (SSSR count). The van der Waals surface area contributed by atoms with Gasteiger partial charge in [-0.05, 0) is 18.2 Å². The Kier molecular flexibility index (Phi) is 6.49. The fourth-order valence-electron chi connectivity index (χ4n) is 1.42. The molecule has 0 heterocycles. The number of methoxy groups -OCH3 is 1. The number of carbonyl (C=O) groups excluding carboxylic acids is 1. The fraction of sp³-hybridized carbons (Fsp3) is 0.417. The first-order chi connectivity index (χ1) is 8.65. The minimum absolute atomic E-state index is 0.334. The molecule has 0 bridgehead atoms. The molecular formula is C12H18ClN3O2. The molecule has 1 aromatic rings. The summed E-state index contributed by atoms with van der Waals surface area (Å²) in [6.07, 6.45) is 0. The maximum atomic E-state index is 11.0. The Balaban J connectivity index is 2.35. The number of ether oxygens (including phenoxy) is 1. The lowest BCUT2D eigenvalue weighted by atomic mass is 10.2. The summed E-state index contributed by atoms with van der Waals surface area (Å²) in [7, 11) is 1.67. The second-order valence-corrected chi connectivity index (χ2v) is 4.14. The van der Waals surface area contributed by atoms with E-state index in [9.17, 15) is 4.79 Å². The van der Waals surface area contributed by atoms with Crippen molar-refractivity contribution in [3.63, 3.8) is 0 Å². The summed E-state index contributed by atoms with van der Waals surface area (Å²) >= 11 is 5.93. The molecule has 0 aliphatic rings. The first kappa shape index (κ1) is 14.8. The van der Waals surface area contributed by atoms with Crippen LogP contribution in [-0.2, 0) is 4.74 Å². The number of halogens is 1. The molecule has 0 atom stereocenters. The van der Waals surface area contributed by atoms with Crippen LogP contribution in [0.5, 0.6) is 0 Å². The minimum atomic E-state index is -0.521. The SMILES string of the molecule is COCCNCCNc1ccc(C(N)=O)c(Cl)c1. The van der Waals surface area contributed by atoms with Gasteiger partial charge in [-0.3, -0.25) is 4.79 Å². The largest absolute Gasteiger partial charge is 0.384 e. The van der Waals surface area contributed by atoms with Gasteiger partial charge in [-0.1, -0.05) is 11.6 Å². The molecule has 1 amide bonds. The topological polar surface area (TPSA) is 76.4 Å². The van der Waals surface area contributed by atoms with Crippen molar-refractivity contribution in [2.75, 3.05) is 38.7 Å². The third-order valence-corrected chi connectivity index (χ3v) is 2.66. The van der Waals surface area contributed by atoms with Crippen LogP contribution in [-0.4, -0.2) is 39.3 Å². The smallest absolute Gasteiger partial charge is 0.250 e. The zero-order valence-corrected chi connectivity index (χ0v) is 11.1. The quantitative estimate of drug-likeness (QED) is 0.619. The van der Waals surface area contributed by atoms with Gasteiger partial charge in [-0.25, -0.2) is 0 Å². The predicted molar refractivity (Wildman–Crippen MR) is 73.2 cm³/mol. The van der Waals surface area contributed by atoms with E-state index in [1.807, 2.05) is 0 Å². The number of benzene rings is 1. The van der Waals surface area contributed by atoms with Gasteiger partial charge in [0.2, 0.25) is 5.91 Å². The molecule has 0 aliphatic heterocycles. The Hall–Kier alpha value is -1.30. The van der Waals surface area contributed by atoms with Gasteiger partial charge in [0.05, 0.1) is 17.2 Å². The number of hydrogen-bond donors (Lipinski definition) is 3. The molecule has 0 radical (unpaired) electrons. The highest BCUT2D eigenvalue weighted by atomic mass is 35.5. The van der Waals surface area contributed by atoms with E-state index in [0.29, 0.717) is 17.2 Å². The third kappa shape index (κ3) is 4.91. The number of rotatable bonds is 8. The molecule has 0 spiro atoms. The average molecular weight is 272 g/mol. The van der Waals surface area contributed by atoms with E-state index in [-0.39, 0.29) is 0 Å². The van der Waals surface area contributed by atoms with Crippen LogP contribution in [0.25, 0.3) is 0 Å². The molecule has 0 saturated heterocycles. The third-order valence-electron chi connectivity index (χ3n) is 2.35. The molecule has 0 fully saturated rings. The van der Waals surface area contributed by atoms with Gasteiger partial charge >= 0.3 is 0 Å². The van der Waals surface area contributed by atoms with Crippen molar-refractivity contribution in [2.45, 2.75) is 0 Å². The molecule has 0 aliphatic carbocycles. The minimum Gasteiger partial charge on any atom is -0.384 e. The number of hydrogen-bond acceptors (Lipinski definition) is 4. The van der Waals surface area contributed by atoms with E-state index in [1.54, 1.807) is 25.3 Å². The normalized spacial score (nSPS) is 10.3. The molecule has 100 valence electrons. The molecule has 6 heteroatoms. The highest BCUT2D eigenvalue weighted by Crippen LogP contribution is 2.20. The predicted octanol–water partition coefficient (Wildman–Crippen LogP) is 1.09. The number of anilines is 1. The van der Waals surface area contributed by atoms with Gasteiger partial charge in [0.15, 0.2) is 0 Å². The van der Waals surface area contributed by atoms with Crippen LogP contribution in [0.2, 0.25) is 5.02 Å². The first-order valence-corrected chi connectivity index (χ1v) is 6.06. The maximum Gasteiger partial charge on any atom is 0.250 e. The van der Waals surface area contributed by atoms with E-state index in [1.165, 1.54) is 0 Å². The lowest BCUT2D eigenvalue weighted by molar-refractivity contribution is 0.100. The summed E-state index contributed by atoms with van der Waals surface area (Å²) in [6.45, 7) is 3.09. The first-order valence-electron chi connectivity index (χ1n) is 5.68. The molecule has 1 aromatic carbocycles. The van der Waals surface area contributed by atoms with Crippen LogP contribution < -0.4 is 16.4 Å². The average Bonchev–Trinajstić information content (AvgIpc) is 2.33. The van der Waals surface area contributed by atoms with Crippen molar-refractivity contribution in [1.29, 1.82) is 0 Å². The summed E-state index contributed by atoms with van der Waals surface area (Å²) in [5.41, 5.74) is 6.36. The molecule has 4 N–H and O–H groups in total. The Morgan fingerprint density at radius 2 is 2.17 bits per heavy atom. The summed E-state index contributed by atoms with van der Waals surface area (Å²) in [5.74, 6) is -0.521.